The van der Waals surface area contributed by atoms with Crippen LogP contribution in [0.15, 0.2) is 60.8 Å². The molecule has 25 heavy (non-hydrogen) atoms. The fourth-order valence-electron chi connectivity index (χ4n) is 3.15. The molecule has 1 amide bonds. The van der Waals surface area contributed by atoms with Crippen molar-refractivity contribution in [3.63, 3.8) is 0 Å². The minimum Gasteiger partial charge on any atom is -0.390 e. The molecule has 0 bridgehead atoms. The summed E-state index contributed by atoms with van der Waals surface area (Å²) in [5, 5.41) is 17.3. The van der Waals surface area contributed by atoms with Crippen molar-refractivity contribution >= 4 is 5.91 Å². The summed E-state index contributed by atoms with van der Waals surface area (Å²) in [6, 6.07) is 14.7. The van der Waals surface area contributed by atoms with E-state index in [1.165, 1.54) is 16.8 Å². The van der Waals surface area contributed by atoms with E-state index < -0.39 is 12.1 Å². The van der Waals surface area contributed by atoms with Gasteiger partial charge in [-0.2, -0.15) is 5.10 Å². The zero-order chi connectivity index (χ0) is 17.4. The number of nitrogens with one attached hydrogen (secondary N) is 1. The van der Waals surface area contributed by atoms with Gasteiger partial charge in [0.15, 0.2) is 5.69 Å². The molecule has 6 heteroatoms. The smallest absolute Gasteiger partial charge is 0.272 e. The van der Waals surface area contributed by atoms with Gasteiger partial charge in [0.25, 0.3) is 5.91 Å². The number of aliphatic hydroxyl groups is 1. The van der Waals surface area contributed by atoms with Gasteiger partial charge in [-0.3, -0.25) is 4.79 Å². The van der Waals surface area contributed by atoms with Crippen molar-refractivity contribution in [1.29, 1.82) is 0 Å². The van der Waals surface area contributed by atoms with E-state index in [1.807, 2.05) is 24.3 Å². The number of rotatable bonds is 3. The first-order chi connectivity index (χ1) is 12.1. The van der Waals surface area contributed by atoms with Gasteiger partial charge in [0.2, 0.25) is 0 Å². The molecule has 0 saturated carbocycles. The number of aliphatic hydroxyl groups excluding tert-OH is 1. The van der Waals surface area contributed by atoms with Gasteiger partial charge in [0.1, 0.15) is 5.82 Å². The van der Waals surface area contributed by atoms with Gasteiger partial charge >= 0.3 is 0 Å². The lowest BCUT2D eigenvalue weighted by Gasteiger charge is -2.17. The number of hydrogen-bond donors (Lipinski definition) is 2. The molecule has 2 aromatic carbocycles. The van der Waals surface area contributed by atoms with Crippen molar-refractivity contribution in [2.24, 2.45) is 0 Å². The normalized spacial score (nSPS) is 18.8. The van der Waals surface area contributed by atoms with Crippen LogP contribution in [0.25, 0.3) is 5.69 Å². The highest BCUT2D eigenvalue weighted by Gasteiger charge is 2.32. The highest BCUT2D eigenvalue weighted by atomic mass is 19.1. The van der Waals surface area contributed by atoms with Crippen LogP contribution in [0.3, 0.4) is 0 Å². The van der Waals surface area contributed by atoms with Crippen molar-refractivity contribution < 1.29 is 14.3 Å². The third kappa shape index (κ3) is 2.92. The Balaban J connectivity index is 1.53. The van der Waals surface area contributed by atoms with Crippen LogP contribution in [0.5, 0.6) is 0 Å². The summed E-state index contributed by atoms with van der Waals surface area (Å²) in [7, 11) is 0. The topological polar surface area (TPSA) is 67.2 Å². The fraction of sp³-hybridized carbons (Fsp3) is 0.158. The number of carbonyl (C=O) groups excluding carboxylic acids is 1. The minimum absolute atomic E-state index is 0.237. The minimum atomic E-state index is -0.652. The molecule has 2 atom stereocenters. The van der Waals surface area contributed by atoms with Crippen molar-refractivity contribution in [3.05, 3.63) is 83.4 Å². The molecule has 0 fully saturated rings. The molecule has 1 aliphatic carbocycles. The Hall–Kier alpha value is -2.99. The number of benzene rings is 2. The van der Waals surface area contributed by atoms with Gasteiger partial charge in [-0.05, 0) is 41.5 Å². The van der Waals surface area contributed by atoms with Gasteiger partial charge in [0, 0.05) is 12.6 Å². The summed E-state index contributed by atoms with van der Waals surface area (Å²) in [5.74, 6) is -0.690. The van der Waals surface area contributed by atoms with E-state index in [0.717, 1.165) is 11.1 Å². The van der Waals surface area contributed by atoms with E-state index in [0.29, 0.717) is 12.1 Å². The van der Waals surface area contributed by atoms with E-state index >= 15 is 0 Å². The summed E-state index contributed by atoms with van der Waals surface area (Å²) in [6.45, 7) is 0. The van der Waals surface area contributed by atoms with E-state index in [1.54, 1.807) is 24.4 Å². The van der Waals surface area contributed by atoms with Crippen LogP contribution in [0.2, 0.25) is 0 Å². The van der Waals surface area contributed by atoms with Crippen molar-refractivity contribution in [3.8, 4) is 5.69 Å². The maximum Gasteiger partial charge on any atom is 0.272 e. The van der Waals surface area contributed by atoms with Crippen LogP contribution < -0.4 is 5.32 Å². The number of fused-ring (bicyclic) bond motifs is 1. The summed E-state index contributed by atoms with van der Waals surface area (Å²) in [6.07, 6.45) is 1.51. The third-order valence-corrected chi connectivity index (χ3v) is 4.40. The number of aromatic nitrogens is 2. The highest BCUT2D eigenvalue weighted by Crippen LogP contribution is 2.31. The summed E-state index contributed by atoms with van der Waals surface area (Å²) in [5.41, 5.74) is 2.87. The molecule has 0 aliphatic heterocycles. The third-order valence-electron chi connectivity index (χ3n) is 4.40. The second kappa shape index (κ2) is 6.14. The molecule has 0 radical (unpaired) electrons. The number of carbonyl (C=O) groups is 1. The average Bonchev–Trinajstić information content (AvgIpc) is 3.21. The second-order valence-corrected chi connectivity index (χ2v) is 6.04. The number of hydrogen-bond acceptors (Lipinski definition) is 3. The first-order valence-electron chi connectivity index (χ1n) is 8.00. The number of nitrogens with zero attached hydrogens (tertiary/aromatic N) is 2. The van der Waals surface area contributed by atoms with Crippen molar-refractivity contribution in [2.75, 3.05) is 0 Å². The molecular formula is C19H16FN3O2. The van der Waals surface area contributed by atoms with Crippen LogP contribution >= 0.6 is 0 Å². The van der Waals surface area contributed by atoms with E-state index in [2.05, 4.69) is 10.4 Å². The van der Waals surface area contributed by atoms with E-state index in [4.69, 9.17) is 0 Å². The molecule has 0 spiro atoms. The predicted molar refractivity (Wildman–Crippen MR) is 89.9 cm³/mol. The first-order valence-corrected chi connectivity index (χ1v) is 8.00. The van der Waals surface area contributed by atoms with Gasteiger partial charge in [0.05, 0.1) is 17.8 Å². The summed E-state index contributed by atoms with van der Waals surface area (Å²) >= 11 is 0. The Morgan fingerprint density at radius 1 is 1.16 bits per heavy atom. The molecule has 4 rings (SSSR count). The highest BCUT2D eigenvalue weighted by molar-refractivity contribution is 5.92. The molecule has 2 N–H and O–H groups in total. The first kappa shape index (κ1) is 15.5. The van der Waals surface area contributed by atoms with Crippen molar-refractivity contribution in [2.45, 2.75) is 18.6 Å². The van der Waals surface area contributed by atoms with Gasteiger partial charge in [-0.25, -0.2) is 9.07 Å². The molecule has 0 unspecified atom stereocenters. The Morgan fingerprint density at radius 2 is 1.92 bits per heavy atom. The number of amides is 1. The standard InChI is InChI=1S/C19H16FN3O2/c20-13-5-7-14(8-6-13)23-10-9-16(22-23)19(25)21-18-15-4-2-1-3-12(15)11-17(18)24/h1-10,17-18,24H,11H2,(H,21,25)/t17-,18-/m1/s1. The molecule has 1 aromatic heterocycles. The Labute approximate surface area is 143 Å². The van der Waals surface area contributed by atoms with Crippen LogP contribution in [-0.4, -0.2) is 26.9 Å². The summed E-state index contributed by atoms with van der Waals surface area (Å²) < 4.78 is 14.5. The second-order valence-electron chi connectivity index (χ2n) is 6.04. The number of halogens is 1. The molecule has 0 saturated heterocycles. The maximum atomic E-state index is 13.0. The fourth-order valence-corrected chi connectivity index (χ4v) is 3.15. The summed E-state index contributed by atoms with van der Waals surface area (Å²) in [4.78, 5) is 12.5. The monoisotopic (exact) mass is 337 g/mol. The lowest BCUT2D eigenvalue weighted by molar-refractivity contribution is 0.0853. The van der Waals surface area contributed by atoms with Crippen LogP contribution in [-0.2, 0) is 6.42 Å². The molecular weight excluding hydrogens is 321 g/mol. The lowest BCUT2D eigenvalue weighted by Crippen LogP contribution is -2.34. The molecule has 3 aromatic rings. The van der Waals surface area contributed by atoms with Crippen LogP contribution in [0, 0.1) is 5.82 Å². The van der Waals surface area contributed by atoms with Gasteiger partial charge < -0.3 is 10.4 Å². The van der Waals surface area contributed by atoms with E-state index in [9.17, 15) is 14.3 Å². The molecule has 5 nitrogen and oxygen atoms in total. The molecule has 1 heterocycles. The quantitative estimate of drug-likeness (QED) is 0.771. The lowest BCUT2D eigenvalue weighted by atomic mass is 10.1. The van der Waals surface area contributed by atoms with Crippen LogP contribution in [0.4, 0.5) is 4.39 Å². The van der Waals surface area contributed by atoms with E-state index in [-0.39, 0.29) is 17.4 Å². The SMILES string of the molecule is O=C(N[C@@H]1c2ccccc2C[C@H]1O)c1ccn(-c2ccc(F)cc2)n1. The average molecular weight is 337 g/mol. The molecule has 126 valence electrons. The Bertz CT molecular complexity index is 920. The Morgan fingerprint density at radius 3 is 2.72 bits per heavy atom. The maximum absolute atomic E-state index is 13.0. The van der Waals surface area contributed by atoms with Crippen LogP contribution in [0.1, 0.15) is 27.7 Å². The molecule has 1 aliphatic rings. The predicted octanol–water partition coefficient (Wildman–Crippen LogP) is 2.40. The zero-order valence-corrected chi connectivity index (χ0v) is 13.3. The van der Waals surface area contributed by atoms with Gasteiger partial charge in [-0.1, -0.05) is 24.3 Å². The Kier molecular flexibility index (Phi) is 3.82. The van der Waals surface area contributed by atoms with Crippen molar-refractivity contribution in [1.82, 2.24) is 15.1 Å². The zero-order valence-electron chi connectivity index (χ0n) is 13.3. The largest absolute Gasteiger partial charge is 0.390 e. The van der Waals surface area contributed by atoms with Gasteiger partial charge in [-0.15, -0.1) is 0 Å².